The molecule has 0 spiro atoms. The van der Waals surface area contributed by atoms with Crippen LogP contribution in [0.25, 0.3) is 11.0 Å². The van der Waals surface area contributed by atoms with E-state index in [1.807, 2.05) is 18.2 Å². The Morgan fingerprint density at radius 2 is 2.24 bits per heavy atom. The summed E-state index contributed by atoms with van der Waals surface area (Å²) < 4.78 is 0. The van der Waals surface area contributed by atoms with Crippen molar-refractivity contribution >= 4 is 17.0 Å². The average molecular weight is 226 g/mol. The quantitative estimate of drug-likeness (QED) is 0.774. The van der Waals surface area contributed by atoms with Gasteiger partial charge in [-0.3, -0.25) is 0 Å². The largest absolute Gasteiger partial charge is 0.390 e. The zero-order chi connectivity index (χ0) is 11.2. The Kier molecular flexibility index (Phi) is 1.75. The molecule has 1 unspecified atom stereocenters. The molecule has 1 atom stereocenters. The maximum atomic E-state index is 4.64. The molecule has 0 bridgehead atoms. The molecule has 17 heavy (non-hydrogen) atoms. The molecule has 1 aromatic carbocycles. The van der Waals surface area contributed by atoms with Gasteiger partial charge in [0.25, 0.3) is 0 Å². The molecule has 1 saturated heterocycles. The number of fused-ring (bicyclic) bond motifs is 2. The van der Waals surface area contributed by atoms with Gasteiger partial charge >= 0.3 is 0 Å². The summed E-state index contributed by atoms with van der Waals surface area (Å²) in [6.45, 7) is 3.14. The van der Waals surface area contributed by atoms with Crippen LogP contribution in [0.4, 0.5) is 5.95 Å². The molecule has 0 amide bonds. The van der Waals surface area contributed by atoms with E-state index in [2.05, 4.69) is 32.5 Å². The molecule has 2 N–H and O–H groups in total. The molecular formula is C13H14N4. The number of aromatic amines is 1. The Morgan fingerprint density at radius 1 is 1.29 bits per heavy atom. The maximum Gasteiger partial charge on any atom is 0.204 e. The zero-order valence-electron chi connectivity index (χ0n) is 9.48. The molecule has 0 aliphatic carbocycles. The Labute approximate surface area is 99.3 Å². The topological polar surface area (TPSA) is 44.0 Å². The predicted octanol–water partition coefficient (Wildman–Crippen LogP) is 1.49. The number of nitrogens with zero attached hydrogens (tertiary/aromatic N) is 2. The fourth-order valence-electron chi connectivity index (χ4n) is 2.74. The normalized spacial score (nSPS) is 22.7. The van der Waals surface area contributed by atoms with Crippen molar-refractivity contribution in [2.24, 2.45) is 5.92 Å². The standard InChI is InChI=1S/C13H14N4/c1-2-4-12-11(3-1)15-13(16-12)17-7-9-5-14-6-10(9)8-17/h1-5,10,14H,6-8H2,(H,15,16). The van der Waals surface area contributed by atoms with Crippen molar-refractivity contribution in [2.45, 2.75) is 0 Å². The minimum Gasteiger partial charge on any atom is -0.390 e. The van der Waals surface area contributed by atoms with E-state index in [1.165, 1.54) is 5.57 Å². The van der Waals surface area contributed by atoms with Gasteiger partial charge < -0.3 is 15.2 Å². The summed E-state index contributed by atoms with van der Waals surface area (Å²) in [5, 5.41) is 3.30. The predicted molar refractivity (Wildman–Crippen MR) is 67.9 cm³/mol. The summed E-state index contributed by atoms with van der Waals surface area (Å²) >= 11 is 0. The lowest BCUT2D eigenvalue weighted by molar-refractivity contribution is 0.674. The molecule has 1 fully saturated rings. The van der Waals surface area contributed by atoms with Gasteiger partial charge in [-0.25, -0.2) is 4.98 Å². The third-order valence-corrected chi connectivity index (χ3v) is 3.67. The molecule has 4 heteroatoms. The first-order chi connectivity index (χ1) is 8.40. The van der Waals surface area contributed by atoms with Gasteiger partial charge in [-0.1, -0.05) is 12.1 Å². The smallest absolute Gasteiger partial charge is 0.204 e. The van der Waals surface area contributed by atoms with E-state index in [9.17, 15) is 0 Å². The second-order valence-electron chi connectivity index (χ2n) is 4.78. The molecule has 2 aliphatic rings. The van der Waals surface area contributed by atoms with Crippen molar-refractivity contribution < 1.29 is 0 Å². The van der Waals surface area contributed by atoms with Crippen LogP contribution in [-0.4, -0.2) is 29.6 Å². The Balaban J connectivity index is 1.71. The third-order valence-electron chi connectivity index (χ3n) is 3.67. The molecule has 1 aromatic heterocycles. The van der Waals surface area contributed by atoms with Crippen LogP contribution in [0.15, 0.2) is 36.0 Å². The van der Waals surface area contributed by atoms with Crippen molar-refractivity contribution in [2.75, 3.05) is 24.5 Å². The Bertz CT molecular complexity index is 565. The SMILES string of the molecule is C1=C2CN(c3nc4ccccc4[nH]3)CC2CN1. The lowest BCUT2D eigenvalue weighted by Crippen LogP contribution is -2.24. The molecule has 0 radical (unpaired) electrons. The zero-order valence-corrected chi connectivity index (χ0v) is 9.48. The highest BCUT2D eigenvalue weighted by Crippen LogP contribution is 2.28. The molecule has 4 rings (SSSR count). The first-order valence-electron chi connectivity index (χ1n) is 6.02. The fourth-order valence-corrected chi connectivity index (χ4v) is 2.74. The number of hydrogen-bond donors (Lipinski definition) is 2. The van der Waals surface area contributed by atoms with Crippen molar-refractivity contribution in [3.8, 4) is 0 Å². The van der Waals surface area contributed by atoms with E-state index >= 15 is 0 Å². The van der Waals surface area contributed by atoms with Crippen molar-refractivity contribution in [1.29, 1.82) is 0 Å². The van der Waals surface area contributed by atoms with Crippen LogP contribution in [0.5, 0.6) is 0 Å². The number of aromatic nitrogens is 2. The van der Waals surface area contributed by atoms with Gasteiger partial charge in [0.05, 0.1) is 11.0 Å². The molecule has 4 nitrogen and oxygen atoms in total. The number of imidazole rings is 1. The summed E-state index contributed by atoms with van der Waals surface area (Å²) in [6, 6.07) is 8.18. The van der Waals surface area contributed by atoms with Crippen LogP contribution in [0.2, 0.25) is 0 Å². The van der Waals surface area contributed by atoms with Crippen molar-refractivity contribution in [1.82, 2.24) is 15.3 Å². The van der Waals surface area contributed by atoms with E-state index in [4.69, 9.17) is 0 Å². The Hall–Kier alpha value is -1.97. The van der Waals surface area contributed by atoms with E-state index in [0.29, 0.717) is 5.92 Å². The lowest BCUT2D eigenvalue weighted by atomic mass is 10.1. The van der Waals surface area contributed by atoms with Gasteiger partial charge in [0.15, 0.2) is 0 Å². The van der Waals surface area contributed by atoms with E-state index < -0.39 is 0 Å². The first kappa shape index (κ1) is 9.10. The summed E-state index contributed by atoms with van der Waals surface area (Å²) in [4.78, 5) is 10.4. The monoisotopic (exact) mass is 226 g/mol. The minimum atomic E-state index is 0.670. The average Bonchev–Trinajstić information content (AvgIpc) is 3.01. The number of rotatable bonds is 1. The fraction of sp³-hybridized carbons (Fsp3) is 0.308. The van der Waals surface area contributed by atoms with Gasteiger partial charge in [-0.05, 0) is 23.9 Å². The minimum absolute atomic E-state index is 0.670. The van der Waals surface area contributed by atoms with Crippen molar-refractivity contribution in [3.05, 3.63) is 36.0 Å². The van der Waals surface area contributed by atoms with Crippen LogP contribution in [0.1, 0.15) is 0 Å². The van der Waals surface area contributed by atoms with Gasteiger partial charge in [-0.15, -0.1) is 0 Å². The maximum absolute atomic E-state index is 4.64. The summed E-state index contributed by atoms with van der Waals surface area (Å²) in [5.41, 5.74) is 3.67. The number of anilines is 1. The number of H-pyrrole nitrogens is 1. The second-order valence-corrected chi connectivity index (χ2v) is 4.78. The number of hydrogen-bond acceptors (Lipinski definition) is 3. The van der Waals surface area contributed by atoms with Gasteiger partial charge in [0.1, 0.15) is 0 Å². The number of benzene rings is 1. The molecular weight excluding hydrogens is 212 g/mol. The highest BCUT2D eigenvalue weighted by Gasteiger charge is 2.31. The highest BCUT2D eigenvalue weighted by molar-refractivity contribution is 5.77. The van der Waals surface area contributed by atoms with Gasteiger partial charge in [0.2, 0.25) is 5.95 Å². The van der Waals surface area contributed by atoms with Gasteiger partial charge in [0, 0.05) is 25.6 Å². The molecule has 86 valence electrons. The van der Waals surface area contributed by atoms with Crippen LogP contribution in [0, 0.1) is 5.92 Å². The van der Waals surface area contributed by atoms with E-state index in [1.54, 1.807) is 0 Å². The lowest BCUT2D eigenvalue weighted by Gasteiger charge is -2.14. The number of para-hydroxylation sites is 2. The summed E-state index contributed by atoms with van der Waals surface area (Å²) in [7, 11) is 0. The summed E-state index contributed by atoms with van der Waals surface area (Å²) in [5.74, 6) is 1.67. The third kappa shape index (κ3) is 1.33. The molecule has 2 aromatic rings. The van der Waals surface area contributed by atoms with E-state index in [-0.39, 0.29) is 0 Å². The van der Waals surface area contributed by atoms with Gasteiger partial charge in [-0.2, -0.15) is 0 Å². The summed E-state index contributed by atoms with van der Waals surface area (Å²) in [6.07, 6.45) is 2.16. The Morgan fingerprint density at radius 3 is 3.12 bits per heavy atom. The van der Waals surface area contributed by atoms with Crippen LogP contribution in [-0.2, 0) is 0 Å². The van der Waals surface area contributed by atoms with Crippen LogP contribution < -0.4 is 10.2 Å². The van der Waals surface area contributed by atoms with Crippen LogP contribution >= 0.6 is 0 Å². The second kappa shape index (κ2) is 3.26. The first-order valence-corrected chi connectivity index (χ1v) is 6.02. The van der Waals surface area contributed by atoms with Crippen molar-refractivity contribution in [3.63, 3.8) is 0 Å². The number of nitrogens with one attached hydrogen (secondary N) is 2. The van der Waals surface area contributed by atoms with E-state index in [0.717, 1.165) is 36.6 Å². The molecule has 2 aliphatic heterocycles. The molecule has 3 heterocycles. The van der Waals surface area contributed by atoms with Crippen LogP contribution in [0.3, 0.4) is 0 Å². The molecule has 0 saturated carbocycles. The highest BCUT2D eigenvalue weighted by atomic mass is 15.3.